The van der Waals surface area contributed by atoms with Crippen LogP contribution < -0.4 is 24.8 Å². The van der Waals surface area contributed by atoms with E-state index in [1.807, 2.05) is 48.5 Å². The van der Waals surface area contributed by atoms with E-state index in [1.54, 1.807) is 51.7 Å². The van der Waals surface area contributed by atoms with E-state index in [0.717, 1.165) is 28.2 Å². The number of nitrogens with zero attached hydrogens (tertiary/aromatic N) is 7. The molecular weight excluding hydrogens is 611 g/mol. The number of aryl methyl sites for hydroxylation is 1. The van der Waals surface area contributed by atoms with Crippen LogP contribution >= 0.6 is 0 Å². The van der Waals surface area contributed by atoms with E-state index in [1.165, 1.54) is 19.4 Å². The molecular formula is C36H33FN8O3. The molecule has 0 aliphatic rings. The standard InChI is InChI=1S/C36H33FN8O3/c1-22-41-34(30-18-29(26-17-31(37)35(48-4)40-19-26)32(43-33(30)38)25-13-15-39-16-14-25)44-36(42-22)45(20-23-5-9-27(46-2)10-6-23)21-24-7-11-28(47-3)12-8-24/h5-19H,20-21H2,1-4H3,(H2,38,43). The van der Waals surface area contributed by atoms with Gasteiger partial charge in [-0.2, -0.15) is 9.97 Å². The first-order valence-electron chi connectivity index (χ1n) is 15.0. The Hall–Kier alpha value is -6.17. The maximum Gasteiger partial charge on any atom is 0.250 e. The Morgan fingerprint density at radius 1 is 0.708 bits per heavy atom. The number of hydrogen-bond acceptors (Lipinski definition) is 11. The van der Waals surface area contributed by atoms with Gasteiger partial charge in [0.05, 0.1) is 32.6 Å². The highest BCUT2D eigenvalue weighted by Crippen LogP contribution is 2.37. The smallest absolute Gasteiger partial charge is 0.250 e. The SMILES string of the molecule is COc1ccc(CN(Cc2ccc(OC)cc2)c2nc(C)nc(-c3cc(-c4cnc(OC)c(F)c4)c(-c4ccncc4)nc3N)n2)cc1. The second-order valence-electron chi connectivity index (χ2n) is 10.8. The number of rotatable bonds is 11. The summed E-state index contributed by atoms with van der Waals surface area (Å²) in [5.41, 5.74) is 11.5. The minimum absolute atomic E-state index is 0.112. The molecule has 6 rings (SSSR count). The topological polar surface area (TPSA) is 134 Å². The van der Waals surface area contributed by atoms with E-state index in [0.29, 0.717) is 53.1 Å². The number of ether oxygens (including phenoxy) is 3. The number of nitrogen functional groups attached to an aromatic ring is 1. The predicted octanol–water partition coefficient (Wildman–Crippen LogP) is 6.32. The number of anilines is 2. The zero-order chi connectivity index (χ0) is 33.6. The van der Waals surface area contributed by atoms with Crippen LogP contribution in [-0.2, 0) is 13.1 Å². The third-order valence-corrected chi connectivity index (χ3v) is 7.64. The Morgan fingerprint density at radius 3 is 1.90 bits per heavy atom. The van der Waals surface area contributed by atoms with Gasteiger partial charge < -0.3 is 24.8 Å². The lowest BCUT2D eigenvalue weighted by Gasteiger charge is -2.24. The van der Waals surface area contributed by atoms with Gasteiger partial charge >= 0.3 is 0 Å². The Bertz CT molecular complexity index is 1980. The second-order valence-corrected chi connectivity index (χ2v) is 10.8. The molecule has 0 spiro atoms. The van der Waals surface area contributed by atoms with Crippen LogP contribution in [0.3, 0.4) is 0 Å². The van der Waals surface area contributed by atoms with Crippen molar-refractivity contribution in [1.29, 1.82) is 0 Å². The van der Waals surface area contributed by atoms with Gasteiger partial charge in [0.1, 0.15) is 23.1 Å². The van der Waals surface area contributed by atoms with Crippen LogP contribution in [0.4, 0.5) is 16.2 Å². The van der Waals surface area contributed by atoms with E-state index in [2.05, 4.69) is 19.9 Å². The fourth-order valence-corrected chi connectivity index (χ4v) is 5.21. The van der Waals surface area contributed by atoms with E-state index in [9.17, 15) is 4.39 Å². The number of aromatic nitrogens is 6. The lowest BCUT2D eigenvalue weighted by molar-refractivity contribution is 0.369. The van der Waals surface area contributed by atoms with Crippen LogP contribution in [0, 0.1) is 12.7 Å². The van der Waals surface area contributed by atoms with Crippen molar-refractivity contribution in [3.05, 3.63) is 114 Å². The van der Waals surface area contributed by atoms with E-state index >= 15 is 0 Å². The number of nitrogens with two attached hydrogens (primary N) is 1. The summed E-state index contributed by atoms with van der Waals surface area (Å²) in [5.74, 6) is 2.25. The maximum absolute atomic E-state index is 14.9. The lowest BCUT2D eigenvalue weighted by Crippen LogP contribution is -2.25. The predicted molar refractivity (Wildman–Crippen MR) is 181 cm³/mol. The molecule has 6 aromatic rings. The summed E-state index contributed by atoms with van der Waals surface area (Å²) in [6.45, 7) is 2.79. The average molecular weight is 645 g/mol. The molecule has 2 N–H and O–H groups in total. The van der Waals surface area contributed by atoms with Crippen molar-refractivity contribution in [2.75, 3.05) is 32.0 Å². The highest BCUT2D eigenvalue weighted by atomic mass is 19.1. The number of benzene rings is 2. The first-order chi connectivity index (χ1) is 23.3. The van der Waals surface area contributed by atoms with Crippen molar-refractivity contribution < 1.29 is 18.6 Å². The summed E-state index contributed by atoms with van der Waals surface area (Å²) < 4.78 is 30.7. The van der Waals surface area contributed by atoms with Gasteiger partial charge in [0.25, 0.3) is 0 Å². The number of pyridine rings is 3. The van der Waals surface area contributed by atoms with E-state index < -0.39 is 5.82 Å². The molecule has 0 bridgehead atoms. The van der Waals surface area contributed by atoms with Crippen molar-refractivity contribution in [3.63, 3.8) is 0 Å². The zero-order valence-corrected chi connectivity index (χ0v) is 26.9. The van der Waals surface area contributed by atoms with Crippen LogP contribution in [0.1, 0.15) is 17.0 Å². The third kappa shape index (κ3) is 6.97. The molecule has 0 radical (unpaired) electrons. The monoisotopic (exact) mass is 644 g/mol. The molecule has 48 heavy (non-hydrogen) atoms. The van der Waals surface area contributed by atoms with Gasteiger partial charge in [0, 0.05) is 48.4 Å². The molecule has 11 nitrogen and oxygen atoms in total. The van der Waals surface area contributed by atoms with Gasteiger partial charge in [-0.25, -0.2) is 19.3 Å². The second kappa shape index (κ2) is 14.1. The van der Waals surface area contributed by atoms with Crippen molar-refractivity contribution in [2.45, 2.75) is 20.0 Å². The maximum atomic E-state index is 14.9. The summed E-state index contributed by atoms with van der Waals surface area (Å²) in [5, 5.41) is 0. The summed E-state index contributed by atoms with van der Waals surface area (Å²) in [7, 11) is 4.64. The molecule has 2 aromatic carbocycles. The molecule has 0 saturated carbocycles. The van der Waals surface area contributed by atoms with Gasteiger partial charge in [0.15, 0.2) is 11.6 Å². The van der Waals surface area contributed by atoms with Crippen LogP contribution in [0.2, 0.25) is 0 Å². The highest BCUT2D eigenvalue weighted by molar-refractivity contribution is 5.87. The van der Waals surface area contributed by atoms with Crippen LogP contribution in [-0.4, -0.2) is 51.2 Å². The van der Waals surface area contributed by atoms with Crippen molar-refractivity contribution >= 4 is 11.8 Å². The molecule has 0 unspecified atom stereocenters. The largest absolute Gasteiger partial charge is 0.497 e. The molecule has 0 atom stereocenters. The third-order valence-electron chi connectivity index (χ3n) is 7.64. The molecule has 4 heterocycles. The first-order valence-corrected chi connectivity index (χ1v) is 15.0. The fourth-order valence-electron chi connectivity index (χ4n) is 5.21. The normalized spacial score (nSPS) is 10.9. The Balaban J connectivity index is 1.46. The van der Waals surface area contributed by atoms with Crippen molar-refractivity contribution in [2.24, 2.45) is 0 Å². The summed E-state index contributed by atoms with van der Waals surface area (Å²) in [4.78, 5) is 29.4. The number of methoxy groups -OCH3 is 3. The molecule has 4 aromatic heterocycles. The van der Waals surface area contributed by atoms with Gasteiger partial charge in [-0.05, 0) is 66.6 Å². The van der Waals surface area contributed by atoms with E-state index in [4.69, 9.17) is 34.9 Å². The molecule has 242 valence electrons. The molecule has 0 fully saturated rings. The summed E-state index contributed by atoms with van der Waals surface area (Å²) in [6.07, 6.45) is 4.83. The van der Waals surface area contributed by atoms with Gasteiger partial charge in [-0.3, -0.25) is 4.98 Å². The minimum Gasteiger partial charge on any atom is -0.497 e. The van der Waals surface area contributed by atoms with Gasteiger partial charge in [-0.15, -0.1) is 0 Å². The quantitative estimate of drug-likeness (QED) is 0.170. The Kier molecular flexibility index (Phi) is 9.33. The Labute approximate surface area is 277 Å². The molecule has 0 saturated heterocycles. The van der Waals surface area contributed by atoms with Crippen molar-refractivity contribution in [3.8, 4) is 51.2 Å². The molecule has 0 aliphatic carbocycles. The van der Waals surface area contributed by atoms with Gasteiger partial charge in [-0.1, -0.05) is 24.3 Å². The fraction of sp³-hybridized carbons (Fsp3) is 0.167. The van der Waals surface area contributed by atoms with Crippen molar-refractivity contribution in [1.82, 2.24) is 29.9 Å². The first kappa shape index (κ1) is 31.8. The number of hydrogen-bond donors (Lipinski definition) is 1. The van der Waals surface area contributed by atoms with Gasteiger partial charge in [0.2, 0.25) is 11.8 Å². The van der Waals surface area contributed by atoms with Crippen LogP contribution in [0.15, 0.2) is 91.4 Å². The highest BCUT2D eigenvalue weighted by Gasteiger charge is 2.21. The lowest BCUT2D eigenvalue weighted by atomic mass is 9.98. The van der Waals surface area contributed by atoms with Crippen LogP contribution in [0.5, 0.6) is 17.4 Å². The Morgan fingerprint density at radius 2 is 1.33 bits per heavy atom. The van der Waals surface area contributed by atoms with Crippen LogP contribution in [0.25, 0.3) is 33.8 Å². The summed E-state index contributed by atoms with van der Waals surface area (Å²) in [6, 6.07) is 22.4. The molecule has 0 aliphatic heterocycles. The zero-order valence-electron chi connectivity index (χ0n) is 26.9. The minimum atomic E-state index is -0.611. The van der Waals surface area contributed by atoms with E-state index in [-0.39, 0.29) is 11.7 Å². The summed E-state index contributed by atoms with van der Waals surface area (Å²) >= 11 is 0. The molecule has 0 amide bonds. The molecule has 12 heteroatoms. The number of halogens is 1. The average Bonchev–Trinajstić information content (AvgIpc) is 3.12.